The van der Waals surface area contributed by atoms with Crippen molar-refractivity contribution in [1.82, 2.24) is 0 Å². The second kappa shape index (κ2) is 3.84. The first kappa shape index (κ1) is 12.7. The third-order valence-electron chi connectivity index (χ3n) is 4.95. The predicted octanol–water partition coefficient (Wildman–Crippen LogP) is 3.87. The Morgan fingerprint density at radius 2 is 1.67 bits per heavy atom. The molecule has 0 aliphatic heterocycles. The third-order valence-corrected chi connectivity index (χ3v) is 4.95. The van der Waals surface area contributed by atoms with E-state index in [0.29, 0.717) is 31.1 Å². The fraction of sp³-hybridized carbons (Fsp3) is 1.00. The highest BCUT2D eigenvalue weighted by molar-refractivity contribution is 5.09. The molecule has 0 radical (unpaired) electrons. The minimum absolute atomic E-state index is 0.371. The molecule has 0 spiro atoms. The highest BCUT2D eigenvalue weighted by Crippen LogP contribution is 2.63. The molecule has 4 fully saturated rings. The van der Waals surface area contributed by atoms with Gasteiger partial charge in [0.25, 0.3) is 0 Å². The molecule has 0 aromatic heterocycles. The molecule has 0 amide bonds. The van der Waals surface area contributed by atoms with Gasteiger partial charge in [-0.25, -0.2) is 0 Å². The van der Waals surface area contributed by atoms with Crippen LogP contribution in [0.2, 0.25) is 0 Å². The number of ether oxygens (including phenoxy) is 1. The van der Waals surface area contributed by atoms with E-state index in [0.717, 1.165) is 19.3 Å². The first-order valence-electron chi connectivity index (χ1n) is 6.60. The van der Waals surface area contributed by atoms with Crippen LogP contribution in [0.25, 0.3) is 0 Å². The summed E-state index contributed by atoms with van der Waals surface area (Å²) in [6.45, 7) is -1.59. The van der Waals surface area contributed by atoms with E-state index in [1.54, 1.807) is 0 Å². The van der Waals surface area contributed by atoms with Gasteiger partial charge in [0.2, 0.25) is 0 Å². The Balaban J connectivity index is 1.76. The van der Waals surface area contributed by atoms with Crippen LogP contribution in [0.3, 0.4) is 0 Å². The summed E-state index contributed by atoms with van der Waals surface area (Å²) in [6.07, 6.45) is 0.335. The van der Waals surface area contributed by atoms with Crippen molar-refractivity contribution in [3.63, 3.8) is 0 Å². The normalized spacial score (nSPS) is 46.7. The van der Waals surface area contributed by atoms with Gasteiger partial charge in [0, 0.05) is 5.41 Å². The average Bonchev–Trinajstić information content (AvgIpc) is 2.24. The number of alkyl halides is 4. The summed E-state index contributed by atoms with van der Waals surface area (Å²) in [4.78, 5) is 0. The van der Waals surface area contributed by atoms with E-state index in [2.05, 4.69) is 0 Å². The summed E-state index contributed by atoms with van der Waals surface area (Å²) >= 11 is 0. The van der Waals surface area contributed by atoms with Gasteiger partial charge in [-0.2, -0.15) is 13.2 Å². The summed E-state index contributed by atoms with van der Waals surface area (Å²) in [7, 11) is 0. The summed E-state index contributed by atoms with van der Waals surface area (Å²) < 4.78 is 55.5. The molecule has 0 heterocycles. The molecule has 0 aromatic carbocycles. The lowest BCUT2D eigenvalue weighted by atomic mass is 9.48. The SMILES string of the molecule is FCC12CC3CC(C1)CC(OCC(F)(F)F)(C3)C2. The summed E-state index contributed by atoms with van der Waals surface area (Å²) in [5.41, 5.74) is -1.07. The molecule has 4 aliphatic rings. The third kappa shape index (κ3) is 2.15. The van der Waals surface area contributed by atoms with E-state index >= 15 is 0 Å². The van der Waals surface area contributed by atoms with Crippen LogP contribution in [-0.4, -0.2) is 25.1 Å². The van der Waals surface area contributed by atoms with Crippen LogP contribution in [0.15, 0.2) is 0 Å². The Bertz CT molecular complexity index is 324. The molecule has 104 valence electrons. The van der Waals surface area contributed by atoms with Crippen molar-refractivity contribution in [3.8, 4) is 0 Å². The smallest absolute Gasteiger partial charge is 0.366 e. The second-order valence-corrected chi connectivity index (χ2v) is 6.68. The zero-order valence-corrected chi connectivity index (χ0v) is 10.2. The molecule has 5 heteroatoms. The molecule has 0 N–H and O–H groups in total. The molecule has 18 heavy (non-hydrogen) atoms. The number of halogens is 4. The van der Waals surface area contributed by atoms with Crippen LogP contribution in [0.4, 0.5) is 17.6 Å². The Hall–Kier alpha value is -0.320. The van der Waals surface area contributed by atoms with Crippen molar-refractivity contribution in [2.24, 2.45) is 17.3 Å². The molecular formula is C13H18F4O. The van der Waals surface area contributed by atoms with E-state index in [9.17, 15) is 17.6 Å². The van der Waals surface area contributed by atoms with E-state index in [-0.39, 0.29) is 5.41 Å². The molecule has 2 atom stereocenters. The Kier molecular flexibility index (Phi) is 2.71. The van der Waals surface area contributed by atoms with E-state index < -0.39 is 25.1 Å². The molecule has 4 rings (SSSR count). The van der Waals surface area contributed by atoms with Crippen molar-refractivity contribution >= 4 is 0 Å². The highest BCUT2D eigenvalue weighted by Gasteiger charge is 2.59. The molecular weight excluding hydrogens is 248 g/mol. The van der Waals surface area contributed by atoms with Crippen molar-refractivity contribution in [2.75, 3.05) is 13.3 Å². The van der Waals surface area contributed by atoms with Crippen LogP contribution in [0, 0.1) is 17.3 Å². The predicted molar refractivity (Wildman–Crippen MR) is 57.8 cm³/mol. The first-order valence-corrected chi connectivity index (χ1v) is 6.60. The average molecular weight is 266 g/mol. The van der Waals surface area contributed by atoms with Crippen LogP contribution in [0.1, 0.15) is 38.5 Å². The van der Waals surface area contributed by atoms with Gasteiger partial charge in [0.15, 0.2) is 0 Å². The monoisotopic (exact) mass is 266 g/mol. The molecule has 0 aromatic rings. The van der Waals surface area contributed by atoms with Gasteiger partial charge in [-0.05, 0) is 50.4 Å². The van der Waals surface area contributed by atoms with Crippen molar-refractivity contribution in [1.29, 1.82) is 0 Å². The van der Waals surface area contributed by atoms with Crippen LogP contribution >= 0.6 is 0 Å². The van der Waals surface area contributed by atoms with Gasteiger partial charge in [-0.1, -0.05) is 0 Å². The molecule has 2 unspecified atom stereocenters. The minimum Gasteiger partial charge on any atom is -0.366 e. The molecule has 4 saturated carbocycles. The lowest BCUT2D eigenvalue weighted by Gasteiger charge is -2.61. The standard InChI is InChI=1S/C13H18F4O/c14-7-11-2-9-1-10(3-11)5-12(4-9,6-11)18-8-13(15,16)17/h9-10H,1-8H2. The lowest BCUT2D eigenvalue weighted by Crippen LogP contribution is -2.58. The topological polar surface area (TPSA) is 9.23 Å². The first-order chi connectivity index (χ1) is 8.34. The molecule has 1 nitrogen and oxygen atoms in total. The Labute approximate surface area is 104 Å². The maximum absolute atomic E-state index is 13.3. The number of rotatable bonds is 3. The van der Waals surface area contributed by atoms with Gasteiger partial charge >= 0.3 is 6.18 Å². The maximum atomic E-state index is 13.3. The summed E-state index contributed by atoms with van der Waals surface area (Å²) in [5.74, 6) is 0.741. The fourth-order valence-corrected chi connectivity index (χ4v) is 4.92. The lowest BCUT2D eigenvalue weighted by molar-refractivity contribution is -0.250. The highest BCUT2D eigenvalue weighted by atomic mass is 19.4. The summed E-state index contributed by atoms with van der Waals surface area (Å²) in [5, 5.41) is 0. The van der Waals surface area contributed by atoms with Gasteiger partial charge in [-0.15, -0.1) is 0 Å². The van der Waals surface area contributed by atoms with E-state index in [1.165, 1.54) is 0 Å². The van der Waals surface area contributed by atoms with Crippen molar-refractivity contribution < 1.29 is 22.3 Å². The zero-order chi connectivity index (χ0) is 13.0. The van der Waals surface area contributed by atoms with Gasteiger partial charge in [0.1, 0.15) is 6.61 Å². The fourth-order valence-electron chi connectivity index (χ4n) is 4.92. The van der Waals surface area contributed by atoms with Gasteiger partial charge in [0.05, 0.1) is 12.3 Å². The van der Waals surface area contributed by atoms with E-state index in [4.69, 9.17) is 4.74 Å². The maximum Gasteiger partial charge on any atom is 0.411 e. The molecule has 4 bridgehead atoms. The zero-order valence-electron chi connectivity index (χ0n) is 10.2. The Morgan fingerprint density at radius 3 is 2.17 bits per heavy atom. The van der Waals surface area contributed by atoms with E-state index in [1.807, 2.05) is 0 Å². The van der Waals surface area contributed by atoms with Crippen LogP contribution in [-0.2, 0) is 4.74 Å². The molecule has 0 saturated heterocycles. The van der Waals surface area contributed by atoms with Crippen molar-refractivity contribution in [2.45, 2.75) is 50.3 Å². The Morgan fingerprint density at radius 1 is 1.06 bits per heavy atom. The van der Waals surface area contributed by atoms with Gasteiger partial charge in [-0.3, -0.25) is 4.39 Å². The van der Waals surface area contributed by atoms with Crippen LogP contribution in [0.5, 0.6) is 0 Å². The number of hydrogen-bond donors (Lipinski definition) is 0. The molecule has 4 aliphatic carbocycles. The number of hydrogen-bond acceptors (Lipinski definition) is 1. The largest absolute Gasteiger partial charge is 0.411 e. The van der Waals surface area contributed by atoms with Gasteiger partial charge < -0.3 is 4.74 Å². The van der Waals surface area contributed by atoms with Crippen molar-refractivity contribution in [3.05, 3.63) is 0 Å². The second-order valence-electron chi connectivity index (χ2n) is 6.68. The summed E-state index contributed by atoms with van der Waals surface area (Å²) in [6, 6.07) is 0. The quantitative estimate of drug-likeness (QED) is 0.704. The minimum atomic E-state index is -4.29. The van der Waals surface area contributed by atoms with Crippen LogP contribution < -0.4 is 0 Å².